The Labute approximate surface area is 95.3 Å². The number of hydrogen-bond acceptors (Lipinski definition) is 2. The molecule has 0 saturated carbocycles. The van der Waals surface area contributed by atoms with Crippen LogP contribution < -0.4 is 11.1 Å². The van der Waals surface area contributed by atoms with Crippen molar-refractivity contribution in [2.75, 3.05) is 11.9 Å². The number of thiocarbonyl (C=S) groups is 1. The maximum Gasteiger partial charge on any atom is 0.168 e. The first-order valence-corrected chi connectivity index (χ1v) is 5.14. The van der Waals surface area contributed by atoms with Crippen LogP contribution in [0.5, 0.6) is 0 Å². The normalized spacial score (nSPS) is 11.1. The molecule has 1 aromatic carbocycles. The zero-order valence-electron chi connectivity index (χ0n) is 8.95. The number of anilines is 1. The highest BCUT2D eigenvalue weighted by molar-refractivity contribution is 7.80. The van der Waals surface area contributed by atoms with Crippen molar-refractivity contribution in [3.05, 3.63) is 29.8 Å². The van der Waals surface area contributed by atoms with Crippen LogP contribution in [0.3, 0.4) is 0 Å². The van der Waals surface area contributed by atoms with Crippen LogP contribution in [0.25, 0.3) is 0 Å². The van der Waals surface area contributed by atoms with Crippen molar-refractivity contribution in [1.82, 2.24) is 0 Å². The number of hydrogen-bond donors (Lipinski definition) is 3. The Bertz CT molecular complexity index is 346. The smallest absolute Gasteiger partial charge is 0.168 e. The van der Waals surface area contributed by atoms with Gasteiger partial charge in [0.1, 0.15) is 0 Å². The van der Waals surface area contributed by atoms with E-state index in [1.165, 1.54) is 0 Å². The zero-order valence-corrected chi connectivity index (χ0v) is 9.77. The summed E-state index contributed by atoms with van der Waals surface area (Å²) in [6.07, 6.45) is 0. The third kappa shape index (κ3) is 3.18. The number of rotatable bonds is 3. The molecule has 0 saturated heterocycles. The van der Waals surface area contributed by atoms with Gasteiger partial charge in [0.15, 0.2) is 5.11 Å². The van der Waals surface area contributed by atoms with Gasteiger partial charge < -0.3 is 16.2 Å². The minimum Gasteiger partial charge on any atom is -0.395 e. The molecule has 4 heteroatoms. The van der Waals surface area contributed by atoms with E-state index in [1.807, 2.05) is 38.1 Å². The van der Waals surface area contributed by atoms with Crippen molar-refractivity contribution in [3.63, 3.8) is 0 Å². The van der Waals surface area contributed by atoms with Gasteiger partial charge in [-0.15, -0.1) is 0 Å². The van der Waals surface area contributed by atoms with Crippen LogP contribution in [0, 0.1) is 0 Å². The van der Waals surface area contributed by atoms with E-state index in [0.717, 1.165) is 11.3 Å². The molecule has 0 aliphatic heterocycles. The highest BCUT2D eigenvalue weighted by Crippen LogP contribution is 2.23. The zero-order chi connectivity index (χ0) is 11.5. The van der Waals surface area contributed by atoms with E-state index < -0.39 is 0 Å². The second kappa shape index (κ2) is 4.59. The van der Waals surface area contributed by atoms with E-state index in [1.54, 1.807) is 0 Å². The lowest BCUT2D eigenvalue weighted by Gasteiger charge is -2.22. The summed E-state index contributed by atoms with van der Waals surface area (Å²) < 4.78 is 0. The SMILES string of the molecule is CC(C)(CO)c1ccc(NC(N)=S)cc1. The molecule has 0 atom stereocenters. The Morgan fingerprint density at radius 3 is 2.33 bits per heavy atom. The lowest BCUT2D eigenvalue weighted by molar-refractivity contribution is 0.218. The fourth-order valence-corrected chi connectivity index (χ4v) is 1.36. The van der Waals surface area contributed by atoms with Gasteiger partial charge >= 0.3 is 0 Å². The summed E-state index contributed by atoms with van der Waals surface area (Å²) in [7, 11) is 0. The molecule has 3 nitrogen and oxygen atoms in total. The van der Waals surface area contributed by atoms with Crippen LogP contribution in [0.1, 0.15) is 19.4 Å². The Morgan fingerprint density at radius 1 is 1.40 bits per heavy atom. The molecule has 0 aromatic heterocycles. The third-order valence-corrected chi connectivity index (χ3v) is 2.43. The molecular weight excluding hydrogens is 208 g/mol. The van der Waals surface area contributed by atoms with E-state index in [2.05, 4.69) is 5.32 Å². The van der Waals surface area contributed by atoms with Crippen molar-refractivity contribution in [2.45, 2.75) is 19.3 Å². The predicted molar refractivity (Wildman–Crippen MR) is 67.0 cm³/mol. The second-order valence-corrected chi connectivity index (χ2v) is 4.55. The molecule has 0 radical (unpaired) electrons. The average Bonchev–Trinajstić information content (AvgIpc) is 2.18. The van der Waals surface area contributed by atoms with Gasteiger partial charge in [0.05, 0.1) is 6.61 Å². The number of aliphatic hydroxyl groups excluding tert-OH is 1. The molecule has 0 fully saturated rings. The number of benzene rings is 1. The molecule has 0 heterocycles. The lowest BCUT2D eigenvalue weighted by Crippen LogP contribution is -2.22. The fourth-order valence-electron chi connectivity index (χ4n) is 1.24. The monoisotopic (exact) mass is 224 g/mol. The van der Waals surface area contributed by atoms with Gasteiger partial charge in [0, 0.05) is 11.1 Å². The van der Waals surface area contributed by atoms with Crippen molar-refractivity contribution < 1.29 is 5.11 Å². The standard InChI is InChI=1S/C11H16N2OS/c1-11(2,7-14)8-3-5-9(6-4-8)13-10(12)15/h3-6,14H,7H2,1-2H3,(H3,12,13,15). The Kier molecular flexibility index (Phi) is 3.66. The third-order valence-electron chi connectivity index (χ3n) is 2.33. The molecule has 15 heavy (non-hydrogen) atoms. The van der Waals surface area contributed by atoms with E-state index in [4.69, 9.17) is 18.0 Å². The maximum absolute atomic E-state index is 9.21. The topological polar surface area (TPSA) is 58.3 Å². The molecule has 0 amide bonds. The van der Waals surface area contributed by atoms with Gasteiger partial charge in [0.2, 0.25) is 0 Å². The molecule has 0 aliphatic carbocycles. The molecular formula is C11H16N2OS. The molecule has 4 N–H and O–H groups in total. The van der Waals surface area contributed by atoms with Gasteiger partial charge in [-0.2, -0.15) is 0 Å². The summed E-state index contributed by atoms with van der Waals surface area (Å²) in [5.41, 5.74) is 7.08. The summed E-state index contributed by atoms with van der Waals surface area (Å²) in [5.74, 6) is 0. The Balaban J connectivity index is 2.85. The summed E-state index contributed by atoms with van der Waals surface area (Å²) in [6.45, 7) is 4.10. The molecule has 0 aliphatic rings. The van der Waals surface area contributed by atoms with Crippen LogP contribution in [0.2, 0.25) is 0 Å². The number of aliphatic hydroxyl groups is 1. The second-order valence-electron chi connectivity index (χ2n) is 4.11. The number of nitrogens with one attached hydrogen (secondary N) is 1. The minimum absolute atomic E-state index is 0.120. The van der Waals surface area contributed by atoms with Crippen LogP contribution in [0.15, 0.2) is 24.3 Å². The van der Waals surface area contributed by atoms with Crippen molar-refractivity contribution in [2.24, 2.45) is 5.73 Å². The van der Waals surface area contributed by atoms with Gasteiger partial charge in [-0.1, -0.05) is 26.0 Å². The van der Waals surface area contributed by atoms with E-state index >= 15 is 0 Å². The predicted octanol–water partition coefficient (Wildman–Crippen LogP) is 1.61. The molecule has 82 valence electrons. The van der Waals surface area contributed by atoms with Gasteiger partial charge in [-0.25, -0.2) is 0 Å². The van der Waals surface area contributed by atoms with Crippen LogP contribution in [-0.4, -0.2) is 16.8 Å². The highest BCUT2D eigenvalue weighted by Gasteiger charge is 2.18. The first-order chi connectivity index (χ1) is 6.95. The highest BCUT2D eigenvalue weighted by atomic mass is 32.1. The summed E-state index contributed by atoms with van der Waals surface area (Å²) in [4.78, 5) is 0. The van der Waals surface area contributed by atoms with E-state index in [-0.39, 0.29) is 17.1 Å². The van der Waals surface area contributed by atoms with Gasteiger partial charge in [-0.3, -0.25) is 0 Å². The first-order valence-electron chi connectivity index (χ1n) is 4.73. The summed E-state index contributed by atoms with van der Waals surface area (Å²) >= 11 is 4.73. The van der Waals surface area contributed by atoms with E-state index in [0.29, 0.717) is 0 Å². The van der Waals surface area contributed by atoms with Gasteiger partial charge in [-0.05, 0) is 29.9 Å². The van der Waals surface area contributed by atoms with Crippen LogP contribution in [-0.2, 0) is 5.41 Å². The van der Waals surface area contributed by atoms with Crippen molar-refractivity contribution in [3.8, 4) is 0 Å². The quantitative estimate of drug-likeness (QED) is 0.683. The largest absolute Gasteiger partial charge is 0.395 e. The molecule has 1 aromatic rings. The first kappa shape index (κ1) is 11.9. The Hall–Kier alpha value is -1.13. The molecule has 1 rings (SSSR count). The van der Waals surface area contributed by atoms with Crippen molar-refractivity contribution >= 4 is 23.0 Å². The summed E-state index contributed by atoms with van der Waals surface area (Å²) in [6, 6.07) is 7.70. The maximum atomic E-state index is 9.21. The van der Waals surface area contributed by atoms with E-state index in [9.17, 15) is 5.11 Å². The number of nitrogens with two attached hydrogens (primary N) is 1. The van der Waals surface area contributed by atoms with Gasteiger partial charge in [0.25, 0.3) is 0 Å². The summed E-state index contributed by atoms with van der Waals surface area (Å²) in [5, 5.41) is 12.3. The fraction of sp³-hybridized carbons (Fsp3) is 0.364. The minimum atomic E-state index is -0.220. The van der Waals surface area contributed by atoms with Crippen LogP contribution in [0.4, 0.5) is 5.69 Å². The van der Waals surface area contributed by atoms with Crippen LogP contribution >= 0.6 is 12.2 Å². The molecule has 0 bridgehead atoms. The molecule has 0 spiro atoms. The Morgan fingerprint density at radius 2 is 1.93 bits per heavy atom. The average molecular weight is 224 g/mol. The lowest BCUT2D eigenvalue weighted by atomic mass is 9.86. The molecule has 0 unspecified atom stereocenters. The van der Waals surface area contributed by atoms with Crippen molar-refractivity contribution in [1.29, 1.82) is 0 Å².